The van der Waals surface area contributed by atoms with Crippen molar-refractivity contribution in [3.8, 4) is 0 Å². The quantitative estimate of drug-likeness (QED) is 0.765. The topological polar surface area (TPSA) is 83.8 Å². The van der Waals surface area contributed by atoms with E-state index in [1.165, 1.54) is 17.2 Å². The van der Waals surface area contributed by atoms with Gasteiger partial charge in [-0.1, -0.05) is 13.3 Å². The van der Waals surface area contributed by atoms with E-state index in [0.717, 1.165) is 6.42 Å². The van der Waals surface area contributed by atoms with Crippen molar-refractivity contribution in [3.05, 3.63) is 23.0 Å². The number of fused-ring (bicyclic) bond motifs is 1. The molecule has 2 N–H and O–H groups in total. The summed E-state index contributed by atoms with van der Waals surface area (Å²) in [5.41, 5.74) is 0.384. The zero-order chi connectivity index (χ0) is 10.8. The highest BCUT2D eigenvalue weighted by Crippen LogP contribution is 2.14. The van der Waals surface area contributed by atoms with Crippen molar-refractivity contribution in [1.29, 1.82) is 0 Å². The fraction of sp³-hybridized carbons (Fsp3) is 0.444. The Morgan fingerprint density at radius 1 is 1.60 bits per heavy atom. The number of aliphatic hydroxyl groups is 1. The Morgan fingerprint density at radius 3 is 3.13 bits per heavy atom. The van der Waals surface area contributed by atoms with Gasteiger partial charge in [-0.25, -0.2) is 9.97 Å². The van der Waals surface area contributed by atoms with E-state index in [4.69, 9.17) is 0 Å². The minimum atomic E-state index is -0.672. The Balaban J connectivity index is 2.54. The molecule has 15 heavy (non-hydrogen) atoms. The summed E-state index contributed by atoms with van der Waals surface area (Å²) in [6.45, 7) is 1.97. The van der Waals surface area contributed by atoms with Gasteiger partial charge in [0.25, 0.3) is 5.56 Å². The Bertz CT molecular complexity index is 516. The first-order valence-electron chi connectivity index (χ1n) is 4.82. The van der Waals surface area contributed by atoms with E-state index >= 15 is 0 Å². The van der Waals surface area contributed by atoms with Crippen molar-refractivity contribution >= 4 is 11.2 Å². The molecule has 6 nitrogen and oxygen atoms in total. The molecular weight excluding hydrogens is 196 g/mol. The number of imidazole rings is 1. The van der Waals surface area contributed by atoms with Gasteiger partial charge in [-0.05, 0) is 6.42 Å². The molecule has 0 aliphatic rings. The van der Waals surface area contributed by atoms with Crippen LogP contribution in [0.15, 0.2) is 17.4 Å². The standard InChI is InChI=1S/C9H12N4O2/c1-2-3-6(14)13-5-12-7-8(13)10-4-11-9(7)15/h4-6,14H,2-3H2,1H3,(H,10,11,15). The highest BCUT2D eigenvalue weighted by Gasteiger charge is 2.12. The molecule has 1 atom stereocenters. The zero-order valence-corrected chi connectivity index (χ0v) is 8.34. The summed E-state index contributed by atoms with van der Waals surface area (Å²) in [7, 11) is 0. The summed E-state index contributed by atoms with van der Waals surface area (Å²) in [5.74, 6) is 0. The van der Waals surface area contributed by atoms with E-state index in [2.05, 4.69) is 15.0 Å². The lowest BCUT2D eigenvalue weighted by atomic mass is 10.3. The van der Waals surface area contributed by atoms with Gasteiger partial charge in [-0.2, -0.15) is 0 Å². The van der Waals surface area contributed by atoms with Crippen LogP contribution in [0.4, 0.5) is 0 Å². The lowest BCUT2D eigenvalue weighted by Crippen LogP contribution is -2.10. The van der Waals surface area contributed by atoms with Gasteiger partial charge in [0.2, 0.25) is 0 Å². The SMILES string of the molecule is CCCC(O)n1cnc2c(=O)[nH]cnc21. The van der Waals surface area contributed by atoms with Gasteiger partial charge >= 0.3 is 0 Å². The van der Waals surface area contributed by atoms with Crippen LogP contribution in [-0.4, -0.2) is 24.6 Å². The third kappa shape index (κ3) is 1.63. The monoisotopic (exact) mass is 208 g/mol. The molecule has 0 aromatic carbocycles. The van der Waals surface area contributed by atoms with Crippen LogP contribution in [-0.2, 0) is 0 Å². The van der Waals surface area contributed by atoms with Crippen LogP contribution in [0, 0.1) is 0 Å². The van der Waals surface area contributed by atoms with Gasteiger partial charge in [-0.15, -0.1) is 0 Å². The highest BCUT2D eigenvalue weighted by molar-refractivity contribution is 5.68. The maximum atomic E-state index is 11.3. The van der Waals surface area contributed by atoms with Crippen LogP contribution in [0.2, 0.25) is 0 Å². The summed E-state index contributed by atoms with van der Waals surface area (Å²) in [4.78, 5) is 21.7. The molecule has 2 heterocycles. The van der Waals surface area contributed by atoms with E-state index in [9.17, 15) is 9.90 Å². The Kier molecular flexibility index (Phi) is 2.51. The smallest absolute Gasteiger partial charge is 0.278 e. The lowest BCUT2D eigenvalue weighted by Gasteiger charge is -2.10. The van der Waals surface area contributed by atoms with Gasteiger partial charge in [-0.3, -0.25) is 9.36 Å². The number of aromatic amines is 1. The van der Waals surface area contributed by atoms with Crippen molar-refractivity contribution in [2.24, 2.45) is 0 Å². The van der Waals surface area contributed by atoms with Crippen LogP contribution in [0.25, 0.3) is 11.2 Å². The third-order valence-corrected chi connectivity index (χ3v) is 2.23. The Labute approximate surface area is 85.6 Å². The normalized spacial score (nSPS) is 13.2. The number of aromatic nitrogens is 4. The first-order chi connectivity index (χ1) is 7.24. The Morgan fingerprint density at radius 2 is 2.40 bits per heavy atom. The Hall–Kier alpha value is -1.69. The molecule has 0 aliphatic carbocycles. The zero-order valence-electron chi connectivity index (χ0n) is 8.34. The molecule has 2 aromatic rings. The third-order valence-electron chi connectivity index (χ3n) is 2.23. The first-order valence-corrected chi connectivity index (χ1v) is 4.82. The minimum Gasteiger partial charge on any atom is -0.373 e. The van der Waals surface area contributed by atoms with Crippen LogP contribution in [0.3, 0.4) is 0 Å². The number of hydrogen-bond donors (Lipinski definition) is 2. The number of aliphatic hydroxyl groups excluding tert-OH is 1. The highest BCUT2D eigenvalue weighted by atomic mass is 16.3. The molecule has 0 bridgehead atoms. The van der Waals surface area contributed by atoms with E-state index in [1.807, 2.05) is 6.92 Å². The van der Waals surface area contributed by atoms with Crippen molar-refractivity contribution < 1.29 is 5.11 Å². The van der Waals surface area contributed by atoms with Gasteiger partial charge < -0.3 is 10.1 Å². The molecule has 0 spiro atoms. The first kappa shape index (κ1) is 9.85. The maximum Gasteiger partial charge on any atom is 0.278 e. The molecule has 0 amide bonds. The second-order valence-corrected chi connectivity index (χ2v) is 3.33. The van der Waals surface area contributed by atoms with Crippen LogP contribution >= 0.6 is 0 Å². The van der Waals surface area contributed by atoms with Gasteiger partial charge in [0.05, 0.1) is 12.7 Å². The number of H-pyrrole nitrogens is 1. The number of hydrogen-bond acceptors (Lipinski definition) is 4. The lowest BCUT2D eigenvalue weighted by molar-refractivity contribution is 0.0971. The van der Waals surface area contributed by atoms with E-state index in [0.29, 0.717) is 12.1 Å². The fourth-order valence-corrected chi connectivity index (χ4v) is 1.48. The molecule has 6 heteroatoms. The summed E-state index contributed by atoms with van der Waals surface area (Å²) < 4.78 is 1.51. The molecule has 1 unspecified atom stereocenters. The van der Waals surface area contributed by atoms with Crippen LogP contribution in [0.5, 0.6) is 0 Å². The maximum absolute atomic E-state index is 11.3. The van der Waals surface area contributed by atoms with Gasteiger partial charge in [0.15, 0.2) is 11.2 Å². The summed E-state index contributed by atoms with van der Waals surface area (Å²) >= 11 is 0. The number of nitrogens with one attached hydrogen (secondary N) is 1. The van der Waals surface area contributed by atoms with Crippen LogP contribution in [0.1, 0.15) is 26.0 Å². The summed E-state index contributed by atoms with van der Waals surface area (Å²) in [5, 5.41) is 9.77. The predicted octanol–water partition coefficient (Wildman–Crippen LogP) is 0.411. The van der Waals surface area contributed by atoms with E-state index in [-0.39, 0.29) is 11.1 Å². The van der Waals surface area contributed by atoms with Crippen LogP contribution < -0.4 is 5.56 Å². The predicted molar refractivity (Wildman–Crippen MR) is 54.3 cm³/mol. The second kappa shape index (κ2) is 3.82. The molecule has 0 saturated carbocycles. The summed E-state index contributed by atoms with van der Waals surface area (Å²) in [6, 6.07) is 0. The molecule has 2 rings (SSSR count). The van der Waals surface area contributed by atoms with E-state index < -0.39 is 6.23 Å². The van der Waals surface area contributed by atoms with Crippen molar-refractivity contribution in [2.75, 3.05) is 0 Å². The largest absolute Gasteiger partial charge is 0.373 e. The number of rotatable bonds is 3. The number of nitrogens with zero attached hydrogens (tertiary/aromatic N) is 3. The van der Waals surface area contributed by atoms with Crippen molar-refractivity contribution in [2.45, 2.75) is 26.0 Å². The van der Waals surface area contributed by atoms with E-state index in [1.54, 1.807) is 0 Å². The van der Waals surface area contributed by atoms with Gasteiger partial charge in [0, 0.05) is 0 Å². The second-order valence-electron chi connectivity index (χ2n) is 3.33. The molecule has 2 aromatic heterocycles. The molecule has 80 valence electrons. The van der Waals surface area contributed by atoms with Crippen molar-refractivity contribution in [3.63, 3.8) is 0 Å². The summed E-state index contributed by atoms with van der Waals surface area (Å²) in [6.07, 6.45) is 3.54. The molecule has 0 radical (unpaired) electrons. The molecule has 0 fully saturated rings. The molecule has 0 aliphatic heterocycles. The minimum absolute atomic E-state index is 0.257. The molecular formula is C9H12N4O2. The van der Waals surface area contributed by atoms with Gasteiger partial charge in [0.1, 0.15) is 6.23 Å². The average molecular weight is 208 g/mol. The molecule has 0 saturated heterocycles. The average Bonchev–Trinajstić information content (AvgIpc) is 2.63. The fourth-order valence-electron chi connectivity index (χ4n) is 1.48. The van der Waals surface area contributed by atoms with Crippen molar-refractivity contribution in [1.82, 2.24) is 19.5 Å².